The Bertz CT molecular complexity index is 2070. The molecule has 0 radical (unpaired) electrons. The van der Waals surface area contributed by atoms with Crippen LogP contribution in [-0.4, -0.2) is 14.2 Å². The van der Waals surface area contributed by atoms with Gasteiger partial charge in [-0.25, -0.2) is 0 Å². The van der Waals surface area contributed by atoms with Crippen molar-refractivity contribution in [2.24, 2.45) is 0 Å². The zero-order valence-electron chi connectivity index (χ0n) is 25.5. The van der Waals surface area contributed by atoms with Crippen molar-refractivity contribution in [1.29, 1.82) is 3.56 Å². The van der Waals surface area contributed by atoms with Crippen LogP contribution >= 0.6 is 18.7 Å². The number of methoxy groups -OCH3 is 2. The molecule has 0 bridgehead atoms. The molecule has 0 aromatic heterocycles. The van der Waals surface area contributed by atoms with E-state index >= 15 is 0 Å². The zero-order chi connectivity index (χ0) is 31.0. The molecule has 224 valence electrons. The Kier molecular flexibility index (Phi) is 7.71. The molecule has 0 fully saturated rings. The van der Waals surface area contributed by atoms with Gasteiger partial charge in [0, 0.05) is 0 Å². The van der Waals surface area contributed by atoms with Crippen molar-refractivity contribution in [3.8, 4) is 50.6 Å². The summed E-state index contributed by atoms with van der Waals surface area (Å²) in [5.41, 5.74) is 9.66. The van der Waals surface area contributed by atoms with Gasteiger partial charge in [0.05, 0.1) is 0 Å². The van der Waals surface area contributed by atoms with E-state index in [9.17, 15) is 3.56 Å². The van der Waals surface area contributed by atoms with E-state index in [1.54, 1.807) is 14.2 Å². The fourth-order valence-electron chi connectivity index (χ4n) is 6.21. The molecule has 1 N–H and O–H groups in total. The second-order valence-corrected chi connectivity index (χ2v) is 16.8. The number of para-hydroxylation sites is 1. The van der Waals surface area contributed by atoms with E-state index in [1.807, 2.05) is 48.5 Å². The van der Waals surface area contributed by atoms with E-state index in [-0.39, 0.29) is 0 Å². The van der Waals surface area contributed by atoms with Gasteiger partial charge >= 0.3 is 270 Å². The standard InChI is InChI=1S/C40H34INO3/c1-27-38(43-2)26-36(41(42)35-20-12-10-18-32(35)33-19-11-13-21-37(33)45-41)40(44-3)39(27)34-25-30(29-16-8-5-9-17-29)22-23-31(34)24-28-14-6-4-7-15-28/h4-23,25-26,42H,24H2,1-3H3. The maximum absolute atomic E-state index is 10.3. The molecule has 1 heterocycles. The van der Waals surface area contributed by atoms with Crippen molar-refractivity contribution >= 4 is 18.7 Å². The van der Waals surface area contributed by atoms with Crippen LogP contribution < -0.4 is 12.5 Å². The molecular formula is C40H34INO3. The van der Waals surface area contributed by atoms with Crippen molar-refractivity contribution in [3.05, 3.63) is 157 Å². The molecule has 1 atom stereocenters. The van der Waals surface area contributed by atoms with Crippen LogP contribution in [0.15, 0.2) is 133 Å². The molecular weight excluding hydrogens is 669 g/mol. The van der Waals surface area contributed by atoms with Gasteiger partial charge < -0.3 is 0 Å². The van der Waals surface area contributed by atoms with Gasteiger partial charge in [-0.05, 0) is 0 Å². The number of rotatable bonds is 7. The van der Waals surface area contributed by atoms with E-state index in [2.05, 4.69) is 91.9 Å². The first-order valence-corrected chi connectivity index (χ1v) is 19.0. The van der Waals surface area contributed by atoms with Gasteiger partial charge in [0.2, 0.25) is 0 Å². The number of halogens is 1. The number of ether oxygens (including phenoxy) is 2. The minimum atomic E-state index is -4.21. The summed E-state index contributed by atoms with van der Waals surface area (Å²) in [6.07, 6.45) is 0.750. The average Bonchev–Trinajstić information content (AvgIpc) is 3.09. The van der Waals surface area contributed by atoms with E-state index < -0.39 is 18.7 Å². The summed E-state index contributed by atoms with van der Waals surface area (Å²) in [5, 5.41) is 0. The van der Waals surface area contributed by atoms with E-state index in [4.69, 9.17) is 12.5 Å². The van der Waals surface area contributed by atoms with Crippen LogP contribution in [0.2, 0.25) is 0 Å². The topological polar surface area (TPSA) is 51.5 Å². The van der Waals surface area contributed by atoms with Crippen molar-refractivity contribution in [1.82, 2.24) is 0 Å². The molecule has 6 aromatic carbocycles. The number of hydrogen-bond donors (Lipinski definition) is 1. The van der Waals surface area contributed by atoms with E-state index in [0.29, 0.717) is 11.5 Å². The fourth-order valence-corrected chi connectivity index (χ4v) is 12.3. The quantitative estimate of drug-likeness (QED) is 0.168. The first kappa shape index (κ1) is 29.0. The van der Waals surface area contributed by atoms with Crippen LogP contribution in [0.3, 0.4) is 0 Å². The average molecular weight is 704 g/mol. The van der Waals surface area contributed by atoms with Gasteiger partial charge in [-0.1, -0.05) is 0 Å². The van der Waals surface area contributed by atoms with Crippen molar-refractivity contribution in [2.75, 3.05) is 14.2 Å². The predicted octanol–water partition coefficient (Wildman–Crippen LogP) is 10.8. The summed E-state index contributed by atoms with van der Waals surface area (Å²) in [5.74, 6) is 2.13. The van der Waals surface area contributed by atoms with E-state index in [1.165, 1.54) is 11.1 Å². The molecule has 0 amide bonds. The first-order valence-electron chi connectivity index (χ1n) is 14.9. The van der Waals surface area contributed by atoms with Crippen LogP contribution in [0.4, 0.5) is 0 Å². The molecule has 45 heavy (non-hydrogen) atoms. The number of benzene rings is 6. The molecule has 4 nitrogen and oxygen atoms in total. The van der Waals surface area contributed by atoms with E-state index in [0.717, 1.165) is 58.3 Å². The predicted molar refractivity (Wildman–Crippen MR) is 191 cm³/mol. The fraction of sp³-hybridized carbons (Fsp3) is 0.100. The summed E-state index contributed by atoms with van der Waals surface area (Å²) in [6, 6.07) is 45.8. The summed E-state index contributed by atoms with van der Waals surface area (Å²) in [7, 11) is 3.40. The molecule has 0 spiro atoms. The van der Waals surface area contributed by atoms with Crippen LogP contribution in [0.1, 0.15) is 16.7 Å². The molecule has 5 heteroatoms. The number of hydrogen-bond acceptors (Lipinski definition) is 4. The molecule has 6 aromatic rings. The van der Waals surface area contributed by atoms with Crippen LogP contribution in [0.25, 0.3) is 33.4 Å². The summed E-state index contributed by atoms with van der Waals surface area (Å²) >= 11 is -4.21. The molecule has 0 saturated heterocycles. The number of fused-ring (bicyclic) bond motifs is 3. The molecule has 1 aliphatic heterocycles. The van der Waals surface area contributed by atoms with Gasteiger partial charge in [0.25, 0.3) is 0 Å². The third-order valence-corrected chi connectivity index (χ3v) is 14.6. The molecule has 1 aliphatic rings. The third kappa shape index (κ3) is 5.11. The van der Waals surface area contributed by atoms with Crippen LogP contribution in [-0.2, 0) is 6.42 Å². The third-order valence-electron chi connectivity index (χ3n) is 8.42. The second-order valence-electron chi connectivity index (χ2n) is 11.1. The second kappa shape index (κ2) is 12.0. The Labute approximate surface area is 269 Å². The summed E-state index contributed by atoms with van der Waals surface area (Å²) in [4.78, 5) is 0. The van der Waals surface area contributed by atoms with Gasteiger partial charge in [0.1, 0.15) is 0 Å². The summed E-state index contributed by atoms with van der Waals surface area (Å²) in [6.45, 7) is 2.08. The Morgan fingerprint density at radius 1 is 0.622 bits per heavy atom. The Hall–Kier alpha value is -4.75. The normalized spacial score (nSPS) is 16.4. The zero-order valence-corrected chi connectivity index (χ0v) is 27.7. The Morgan fingerprint density at radius 2 is 1.29 bits per heavy atom. The molecule has 7 rings (SSSR count). The summed E-state index contributed by atoms with van der Waals surface area (Å²) < 4.78 is 31.2. The first-order chi connectivity index (χ1) is 22.0. The van der Waals surface area contributed by atoms with Gasteiger partial charge in [-0.2, -0.15) is 0 Å². The number of nitrogens with one attached hydrogen (secondary N) is 1. The van der Waals surface area contributed by atoms with Crippen LogP contribution in [0.5, 0.6) is 17.2 Å². The molecule has 0 saturated carbocycles. The Balaban J connectivity index is 1.51. The van der Waals surface area contributed by atoms with Gasteiger partial charge in [0.15, 0.2) is 0 Å². The van der Waals surface area contributed by atoms with Crippen molar-refractivity contribution < 1.29 is 12.5 Å². The molecule has 0 aliphatic carbocycles. The molecule has 1 unspecified atom stereocenters. The van der Waals surface area contributed by atoms with Gasteiger partial charge in [-0.15, -0.1) is 0 Å². The van der Waals surface area contributed by atoms with Gasteiger partial charge in [-0.3, -0.25) is 0 Å². The van der Waals surface area contributed by atoms with Crippen molar-refractivity contribution in [3.63, 3.8) is 0 Å². The minimum absolute atomic E-state index is 0.674. The monoisotopic (exact) mass is 703 g/mol. The Morgan fingerprint density at radius 3 is 2.02 bits per heavy atom. The van der Waals surface area contributed by atoms with Crippen molar-refractivity contribution in [2.45, 2.75) is 13.3 Å². The maximum atomic E-state index is 10.3. The van der Waals surface area contributed by atoms with Crippen LogP contribution in [0, 0.1) is 17.6 Å². The SMILES string of the molecule is COc1cc(I2(=N)Oc3ccccc3-c3ccccc32)c(OC)c(-c2cc(-c3ccccc3)ccc2Cc2ccccc2)c1C.